The molecule has 0 saturated heterocycles. The summed E-state index contributed by atoms with van der Waals surface area (Å²) < 4.78 is 0. The highest BCUT2D eigenvalue weighted by Crippen LogP contribution is 1.96. The number of hydrogen-bond donors (Lipinski definition) is 1. The lowest BCUT2D eigenvalue weighted by Gasteiger charge is -2.19. The Morgan fingerprint density at radius 1 is 1.85 bits per heavy atom. The van der Waals surface area contributed by atoms with Gasteiger partial charge in [0.2, 0.25) is 6.41 Å². The van der Waals surface area contributed by atoms with E-state index >= 15 is 0 Å². The first-order chi connectivity index (χ1) is 6.17. The number of hydrogen-bond acceptors (Lipinski definition) is 3. The SMILES string of the molecule is C#CCC(NC=O)C(=O)N(C)OC. The Labute approximate surface area is 77.0 Å². The zero-order valence-corrected chi connectivity index (χ0v) is 7.61. The number of carbonyl (C=O) groups excluding carboxylic acids is 2. The first-order valence-corrected chi connectivity index (χ1v) is 3.62. The Morgan fingerprint density at radius 3 is 2.85 bits per heavy atom. The summed E-state index contributed by atoms with van der Waals surface area (Å²) in [7, 11) is 2.80. The lowest BCUT2D eigenvalue weighted by Crippen LogP contribution is -2.43. The van der Waals surface area contributed by atoms with Crippen LogP contribution in [-0.4, -0.2) is 37.6 Å². The Bertz CT molecular complexity index is 222. The molecule has 0 aromatic rings. The fourth-order valence-electron chi connectivity index (χ4n) is 0.727. The zero-order chi connectivity index (χ0) is 10.3. The third-order valence-corrected chi connectivity index (χ3v) is 1.47. The van der Waals surface area contributed by atoms with Crippen LogP contribution in [0.25, 0.3) is 0 Å². The van der Waals surface area contributed by atoms with Gasteiger partial charge in [0, 0.05) is 13.5 Å². The van der Waals surface area contributed by atoms with E-state index in [9.17, 15) is 9.59 Å². The van der Waals surface area contributed by atoms with E-state index in [1.54, 1.807) is 0 Å². The molecule has 0 heterocycles. The lowest BCUT2D eigenvalue weighted by atomic mass is 10.2. The van der Waals surface area contributed by atoms with Crippen LogP contribution in [0.2, 0.25) is 0 Å². The van der Waals surface area contributed by atoms with Crippen LogP contribution in [0, 0.1) is 12.3 Å². The van der Waals surface area contributed by atoms with Gasteiger partial charge in [-0.25, -0.2) is 5.06 Å². The molecule has 5 nitrogen and oxygen atoms in total. The monoisotopic (exact) mass is 184 g/mol. The molecule has 0 rings (SSSR count). The number of carbonyl (C=O) groups is 2. The fraction of sp³-hybridized carbons (Fsp3) is 0.500. The second-order valence-corrected chi connectivity index (χ2v) is 2.26. The second kappa shape index (κ2) is 6.03. The van der Waals surface area contributed by atoms with Crippen molar-refractivity contribution >= 4 is 12.3 Å². The summed E-state index contributed by atoms with van der Waals surface area (Å²) in [6.07, 6.45) is 5.60. The van der Waals surface area contributed by atoms with E-state index in [0.29, 0.717) is 6.41 Å². The molecule has 1 atom stereocenters. The standard InChI is InChI=1S/C8H12N2O3/c1-4-5-7(9-6-11)8(12)10(2)13-3/h1,6-7H,5H2,2-3H3,(H,9,11). The molecular weight excluding hydrogens is 172 g/mol. The molecule has 1 N–H and O–H groups in total. The van der Waals surface area contributed by atoms with Crippen molar-refractivity contribution in [3.63, 3.8) is 0 Å². The highest BCUT2D eigenvalue weighted by molar-refractivity contribution is 5.82. The number of nitrogens with one attached hydrogen (secondary N) is 1. The summed E-state index contributed by atoms with van der Waals surface area (Å²) in [4.78, 5) is 26.1. The summed E-state index contributed by atoms with van der Waals surface area (Å²) in [5, 5.41) is 3.32. The summed E-state index contributed by atoms with van der Waals surface area (Å²) in [6, 6.07) is -0.715. The maximum Gasteiger partial charge on any atom is 0.269 e. The van der Waals surface area contributed by atoms with Gasteiger partial charge < -0.3 is 5.32 Å². The molecule has 5 heteroatoms. The van der Waals surface area contributed by atoms with E-state index in [2.05, 4.69) is 16.1 Å². The summed E-state index contributed by atoms with van der Waals surface area (Å²) >= 11 is 0. The number of likely N-dealkylation sites (N-methyl/N-ethyl adjacent to an activating group) is 1. The predicted octanol–water partition coefficient (Wildman–Crippen LogP) is -0.856. The molecule has 2 amide bonds. The molecule has 0 aliphatic carbocycles. The van der Waals surface area contributed by atoms with Gasteiger partial charge in [-0.05, 0) is 0 Å². The van der Waals surface area contributed by atoms with Crippen molar-refractivity contribution in [3.8, 4) is 12.3 Å². The second-order valence-electron chi connectivity index (χ2n) is 2.26. The number of terminal acetylenes is 1. The smallest absolute Gasteiger partial charge is 0.269 e. The van der Waals surface area contributed by atoms with Gasteiger partial charge >= 0.3 is 0 Å². The minimum Gasteiger partial charge on any atom is -0.346 e. The number of amides is 2. The molecule has 0 fully saturated rings. The van der Waals surface area contributed by atoms with Crippen LogP contribution in [0.5, 0.6) is 0 Å². The molecular formula is C8H12N2O3. The van der Waals surface area contributed by atoms with Crippen molar-refractivity contribution in [3.05, 3.63) is 0 Å². The number of rotatable bonds is 5. The van der Waals surface area contributed by atoms with Crippen LogP contribution in [0.15, 0.2) is 0 Å². The van der Waals surface area contributed by atoms with Gasteiger partial charge in [0.1, 0.15) is 6.04 Å². The van der Waals surface area contributed by atoms with E-state index in [-0.39, 0.29) is 12.3 Å². The van der Waals surface area contributed by atoms with Gasteiger partial charge in [0.25, 0.3) is 5.91 Å². The van der Waals surface area contributed by atoms with E-state index in [1.165, 1.54) is 14.2 Å². The van der Waals surface area contributed by atoms with Gasteiger partial charge in [-0.3, -0.25) is 14.4 Å². The Balaban J connectivity index is 4.27. The predicted molar refractivity (Wildman–Crippen MR) is 46.2 cm³/mol. The van der Waals surface area contributed by atoms with Crippen molar-refractivity contribution in [2.45, 2.75) is 12.5 Å². The average Bonchev–Trinajstić information content (AvgIpc) is 2.15. The Morgan fingerprint density at radius 2 is 2.46 bits per heavy atom. The molecule has 72 valence electrons. The Kier molecular flexibility index (Phi) is 5.32. The van der Waals surface area contributed by atoms with Gasteiger partial charge in [-0.2, -0.15) is 0 Å². The van der Waals surface area contributed by atoms with Crippen molar-refractivity contribution in [2.75, 3.05) is 14.2 Å². The van der Waals surface area contributed by atoms with Crippen LogP contribution < -0.4 is 5.32 Å². The van der Waals surface area contributed by atoms with Crippen LogP contribution >= 0.6 is 0 Å². The normalized spacial score (nSPS) is 11.2. The molecule has 0 aliphatic rings. The molecule has 0 saturated carbocycles. The molecule has 0 bridgehead atoms. The molecule has 13 heavy (non-hydrogen) atoms. The summed E-state index contributed by atoms with van der Waals surface area (Å²) in [5.74, 6) is 1.91. The highest BCUT2D eigenvalue weighted by Gasteiger charge is 2.20. The fourth-order valence-corrected chi connectivity index (χ4v) is 0.727. The maximum atomic E-state index is 11.3. The average molecular weight is 184 g/mol. The highest BCUT2D eigenvalue weighted by atomic mass is 16.7. The summed E-state index contributed by atoms with van der Waals surface area (Å²) in [5.41, 5.74) is 0. The molecule has 0 aromatic heterocycles. The summed E-state index contributed by atoms with van der Waals surface area (Å²) in [6.45, 7) is 0. The largest absolute Gasteiger partial charge is 0.346 e. The lowest BCUT2D eigenvalue weighted by molar-refractivity contribution is -0.171. The van der Waals surface area contributed by atoms with Crippen LogP contribution in [0.1, 0.15) is 6.42 Å². The van der Waals surface area contributed by atoms with E-state index in [0.717, 1.165) is 5.06 Å². The third kappa shape index (κ3) is 3.58. The van der Waals surface area contributed by atoms with Crippen LogP contribution in [-0.2, 0) is 14.4 Å². The molecule has 0 spiro atoms. The maximum absolute atomic E-state index is 11.3. The Hall–Kier alpha value is -1.54. The third-order valence-electron chi connectivity index (χ3n) is 1.47. The minimum absolute atomic E-state index is 0.144. The molecule has 0 aliphatic heterocycles. The van der Waals surface area contributed by atoms with Crippen molar-refractivity contribution in [1.29, 1.82) is 0 Å². The van der Waals surface area contributed by atoms with E-state index in [1.807, 2.05) is 0 Å². The molecule has 1 unspecified atom stereocenters. The first kappa shape index (κ1) is 11.5. The van der Waals surface area contributed by atoms with Gasteiger partial charge in [-0.15, -0.1) is 12.3 Å². The van der Waals surface area contributed by atoms with Gasteiger partial charge in [0.05, 0.1) is 7.11 Å². The minimum atomic E-state index is -0.715. The van der Waals surface area contributed by atoms with Crippen molar-refractivity contribution in [2.24, 2.45) is 0 Å². The quantitative estimate of drug-likeness (QED) is 0.344. The van der Waals surface area contributed by atoms with Crippen LogP contribution in [0.4, 0.5) is 0 Å². The van der Waals surface area contributed by atoms with Crippen molar-refractivity contribution < 1.29 is 14.4 Å². The number of nitrogens with zero attached hydrogens (tertiary/aromatic N) is 1. The van der Waals surface area contributed by atoms with Crippen LogP contribution in [0.3, 0.4) is 0 Å². The van der Waals surface area contributed by atoms with Gasteiger partial charge in [-0.1, -0.05) is 0 Å². The van der Waals surface area contributed by atoms with Crippen molar-refractivity contribution in [1.82, 2.24) is 10.4 Å². The zero-order valence-electron chi connectivity index (χ0n) is 7.61. The first-order valence-electron chi connectivity index (χ1n) is 3.62. The van der Waals surface area contributed by atoms with Gasteiger partial charge in [0.15, 0.2) is 0 Å². The molecule has 0 aromatic carbocycles. The van der Waals surface area contributed by atoms with E-state index in [4.69, 9.17) is 6.42 Å². The molecule has 0 radical (unpaired) electrons. The van der Waals surface area contributed by atoms with E-state index < -0.39 is 6.04 Å². The number of hydroxylamine groups is 2. The topological polar surface area (TPSA) is 58.6 Å².